The topological polar surface area (TPSA) is 37.8 Å². The molecule has 3 nitrogen and oxygen atoms in total. The lowest BCUT2D eigenvalue weighted by atomic mass is 10.3. The molecular weight excluding hydrogens is 218 g/mol. The van der Waals surface area contributed by atoms with E-state index in [2.05, 4.69) is 34.6 Å². The van der Waals surface area contributed by atoms with E-state index in [0.29, 0.717) is 0 Å². The van der Waals surface area contributed by atoms with Gasteiger partial charge in [-0.05, 0) is 37.6 Å². The molecule has 2 aromatic rings. The molecule has 0 aliphatic carbocycles. The molecule has 0 amide bonds. The first-order valence-corrected chi connectivity index (χ1v) is 6.31. The summed E-state index contributed by atoms with van der Waals surface area (Å²) < 4.78 is 0. The Balaban J connectivity index is 2.20. The molecule has 0 aliphatic heterocycles. The summed E-state index contributed by atoms with van der Waals surface area (Å²) >= 11 is 1.78. The predicted octanol–water partition coefficient (Wildman–Crippen LogP) is 3.20. The van der Waals surface area contributed by atoms with Crippen molar-refractivity contribution in [1.82, 2.24) is 10.2 Å². The molecule has 16 heavy (non-hydrogen) atoms. The van der Waals surface area contributed by atoms with Crippen LogP contribution in [0.1, 0.15) is 18.7 Å². The molecule has 0 fully saturated rings. The number of anilines is 1. The van der Waals surface area contributed by atoms with Crippen LogP contribution in [0.3, 0.4) is 0 Å². The molecule has 0 spiro atoms. The Morgan fingerprint density at radius 3 is 2.56 bits per heavy atom. The maximum absolute atomic E-state index is 4.21. The van der Waals surface area contributed by atoms with Crippen molar-refractivity contribution in [2.45, 2.75) is 20.3 Å². The van der Waals surface area contributed by atoms with Crippen LogP contribution in [0, 0.1) is 0 Å². The first-order chi connectivity index (χ1) is 7.83. The molecule has 4 heteroatoms. The van der Waals surface area contributed by atoms with E-state index in [1.807, 2.05) is 19.1 Å². The maximum atomic E-state index is 4.21. The fourth-order valence-corrected chi connectivity index (χ4v) is 2.36. The third-order valence-electron chi connectivity index (χ3n) is 2.29. The van der Waals surface area contributed by atoms with Crippen LogP contribution in [0.15, 0.2) is 24.3 Å². The second kappa shape index (κ2) is 5.07. The summed E-state index contributed by atoms with van der Waals surface area (Å²) in [5, 5.41) is 11.5. The normalized spacial score (nSPS) is 10.4. The summed E-state index contributed by atoms with van der Waals surface area (Å²) in [5.41, 5.74) is 0.950. The van der Waals surface area contributed by atoms with Crippen molar-refractivity contribution in [3.05, 3.63) is 29.1 Å². The molecular formula is C12H15N3S. The molecule has 0 bridgehead atoms. The number of hydrogen-bond acceptors (Lipinski definition) is 4. The molecule has 2 rings (SSSR count). The lowest BCUT2D eigenvalue weighted by molar-refractivity contribution is 1.02. The van der Waals surface area contributed by atoms with Crippen LogP contribution in [0.5, 0.6) is 0 Å². The monoisotopic (exact) mass is 233 g/mol. The number of aromatic nitrogens is 2. The van der Waals surface area contributed by atoms with Gasteiger partial charge >= 0.3 is 0 Å². The van der Waals surface area contributed by atoms with Gasteiger partial charge in [0.2, 0.25) is 0 Å². The van der Waals surface area contributed by atoms with Crippen LogP contribution in [-0.2, 0) is 6.42 Å². The second-order valence-electron chi connectivity index (χ2n) is 3.45. The number of aryl methyl sites for hydroxylation is 1. The number of nitrogens with one attached hydrogen (secondary N) is 1. The van der Waals surface area contributed by atoms with Crippen molar-refractivity contribution in [2.75, 3.05) is 11.9 Å². The first-order valence-electron chi connectivity index (χ1n) is 5.50. The van der Waals surface area contributed by atoms with Gasteiger partial charge in [-0.1, -0.05) is 6.92 Å². The van der Waals surface area contributed by atoms with E-state index in [4.69, 9.17) is 0 Å². The summed E-state index contributed by atoms with van der Waals surface area (Å²) in [6.07, 6.45) is 1.08. The highest BCUT2D eigenvalue weighted by Crippen LogP contribution is 2.26. The van der Waals surface area contributed by atoms with Crippen LogP contribution in [0.25, 0.3) is 10.6 Å². The Hall–Kier alpha value is -1.42. The van der Waals surface area contributed by atoms with E-state index < -0.39 is 0 Å². The Kier molecular flexibility index (Phi) is 3.51. The maximum Gasteiger partial charge on any atom is 0.148 e. The average Bonchev–Trinajstić information content (AvgIpc) is 2.79. The van der Waals surface area contributed by atoms with Crippen molar-refractivity contribution in [3.63, 3.8) is 0 Å². The van der Waals surface area contributed by atoms with Crippen LogP contribution >= 0.6 is 11.3 Å². The van der Waals surface area contributed by atoms with Gasteiger partial charge in [0, 0.05) is 11.4 Å². The molecule has 1 N–H and O–H groups in total. The van der Waals surface area contributed by atoms with E-state index in [0.717, 1.165) is 24.5 Å². The van der Waals surface area contributed by atoms with Crippen molar-refractivity contribution in [1.29, 1.82) is 0 Å². The van der Waals surface area contributed by atoms with Gasteiger partial charge in [-0.25, -0.2) is 0 Å². The molecule has 0 aliphatic rings. The summed E-state index contributed by atoms with van der Waals surface area (Å²) in [4.78, 5) is 2.57. The zero-order chi connectivity index (χ0) is 11.4. The van der Waals surface area contributed by atoms with Gasteiger partial charge in [0.1, 0.15) is 11.5 Å². The Morgan fingerprint density at radius 1 is 1.12 bits per heavy atom. The minimum atomic E-state index is 0.832. The van der Waals surface area contributed by atoms with Gasteiger partial charge in [0.05, 0.1) is 4.88 Å². The summed E-state index contributed by atoms with van der Waals surface area (Å²) in [6.45, 7) is 5.07. The third-order valence-corrected chi connectivity index (χ3v) is 3.54. The minimum absolute atomic E-state index is 0.832. The van der Waals surface area contributed by atoms with Crippen molar-refractivity contribution < 1.29 is 0 Å². The van der Waals surface area contributed by atoms with Crippen LogP contribution in [0.4, 0.5) is 5.82 Å². The zero-order valence-corrected chi connectivity index (χ0v) is 10.3. The molecule has 0 saturated heterocycles. The average molecular weight is 233 g/mol. The van der Waals surface area contributed by atoms with Gasteiger partial charge in [-0.2, -0.15) is 0 Å². The van der Waals surface area contributed by atoms with E-state index >= 15 is 0 Å². The summed E-state index contributed by atoms with van der Waals surface area (Å²) in [6, 6.07) is 8.24. The number of hydrogen-bond donors (Lipinski definition) is 1. The fourth-order valence-electron chi connectivity index (χ4n) is 1.44. The third kappa shape index (κ3) is 2.39. The highest BCUT2D eigenvalue weighted by molar-refractivity contribution is 7.15. The summed E-state index contributed by atoms with van der Waals surface area (Å²) in [7, 11) is 0. The van der Waals surface area contributed by atoms with Crippen LogP contribution in [-0.4, -0.2) is 16.7 Å². The smallest absolute Gasteiger partial charge is 0.148 e. The van der Waals surface area contributed by atoms with Gasteiger partial charge in [-0.15, -0.1) is 21.5 Å². The van der Waals surface area contributed by atoms with Crippen molar-refractivity contribution in [2.24, 2.45) is 0 Å². The van der Waals surface area contributed by atoms with Gasteiger partial charge in [-0.3, -0.25) is 0 Å². The molecule has 84 valence electrons. The highest BCUT2D eigenvalue weighted by Gasteiger charge is 2.03. The lowest BCUT2D eigenvalue weighted by Gasteiger charge is -2.01. The summed E-state index contributed by atoms with van der Waals surface area (Å²) in [5.74, 6) is 0.832. The van der Waals surface area contributed by atoms with Gasteiger partial charge in [0.25, 0.3) is 0 Å². The standard InChI is InChI=1S/C12H15N3S/c1-3-9-5-7-11(16-9)10-6-8-12(13-4-2)15-14-10/h5-8H,3-4H2,1-2H3,(H,13,15). The number of rotatable bonds is 4. The second-order valence-corrected chi connectivity index (χ2v) is 4.62. The SMILES string of the molecule is CCNc1ccc(-c2ccc(CC)s2)nn1. The Labute approximate surface area is 99.5 Å². The molecule has 2 aromatic heterocycles. The first kappa shape index (κ1) is 11.1. The molecule has 0 radical (unpaired) electrons. The lowest BCUT2D eigenvalue weighted by Crippen LogP contribution is -2.00. The van der Waals surface area contributed by atoms with Crippen molar-refractivity contribution >= 4 is 17.2 Å². The van der Waals surface area contributed by atoms with Gasteiger partial charge in [0.15, 0.2) is 0 Å². The minimum Gasteiger partial charge on any atom is -0.369 e. The quantitative estimate of drug-likeness (QED) is 0.881. The van der Waals surface area contributed by atoms with E-state index in [1.54, 1.807) is 11.3 Å². The van der Waals surface area contributed by atoms with Gasteiger partial charge < -0.3 is 5.32 Å². The largest absolute Gasteiger partial charge is 0.369 e. The highest BCUT2D eigenvalue weighted by atomic mass is 32.1. The zero-order valence-electron chi connectivity index (χ0n) is 9.53. The molecule has 2 heterocycles. The van der Waals surface area contributed by atoms with E-state index in [1.165, 1.54) is 9.75 Å². The molecule has 0 aromatic carbocycles. The fraction of sp³-hybridized carbons (Fsp3) is 0.333. The molecule has 0 atom stereocenters. The van der Waals surface area contributed by atoms with Crippen LogP contribution < -0.4 is 5.32 Å². The predicted molar refractivity (Wildman–Crippen MR) is 68.9 cm³/mol. The number of thiophene rings is 1. The number of nitrogens with zero attached hydrogens (tertiary/aromatic N) is 2. The van der Waals surface area contributed by atoms with Crippen molar-refractivity contribution in [3.8, 4) is 10.6 Å². The molecule has 0 unspecified atom stereocenters. The Morgan fingerprint density at radius 2 is 2.00 bits per heavy atom. The Bertz CT molecular complexity index is 448. The van der Waals surface area contributed by atoms with E-state index in [-0.39, 0.29) is 0 Å². The molecule has 0 saturated carbocycles. The van der Waals surface area contributed by atoms with E-state index in [9.17, 15) is 0 Å². The van der Waals surface area contributed by atoms with Crippen LogP contribution in [0.2, 0.25) is 0 Å².